The maximum absolute atomic E-state index is 4.82. The molecule has 5 nitrogen and oxygen atoms in total. The zero-order valence-electron chi connectivity index (χ0n) is 15.1. The van der Waals surface area contributed by atoms with Gasteiger partial charge in [0.15, 0.2) is 0 Å². The van der Waals surface area contributed by atoms with E-state index < -0.39 is 0 Å². The van der Waals surface area contributed by atoms with Crippen LogP contribution >= 0.6 is 0 Å². The second-order valence-electron chi connectivity index (χ2n) is 7.70. The van der Waals surface area contributed by atoms with Crippen LogP contribution in [0.5, 0.6) is 0 Å². The largest absolute Gasteiger partial charge is 0.269 e. The highest BCUT2D eigenvalue weighted by atomic mass is 15.3. The summed E-state index contributed by atoms with van der Waals surface area (Å²) in [6, 6.07) is 7.52. The van der Waals surface area contributed by atoms with Crippen molar-refractivity contribution in [3.8, 4) is 22.5 Å². The summed E-state index contributed by atoms with van der Waals surface area (Å²) in [6.07, 6.45) is 18.3. The van der Waals surface area contributed by atoms with Crippen molar-refractivity contribution in [1.82, 2.24) is 24.5 Å². The Morgan fingerprint density at radius 1 is 0.692 bits per heavy atom. The molecule has 3 aromatic rings. The lowest BCUT2D eigenvalue weighted by molar-refractivity contribution is 0.468. The van der Waals surface area contributed by atoms with Gasteiger partial charge in [-0.15, -0.1) is 0 Å². The van der Waals surface area contributed by atoms with E-state index in [0.717, 1.165) is 22.5 Å². The minimum absolute atomic E-state index is 0.571. The Morgan fingerprint density at radius 3 is 1.62 bits per heavy atom. The summed E-state index contributed by atoms with van der Waals surface area (Å²) in [5.74, 6) is 0. The third-order valence-corrected chi connectivity index (χ3v) is 5.94. The third-order valence-electron chi connectivity index (χ3n) is 5.94. The average Bonchev–Trinajstić information content (AvgIpc) is 3.49. The predicted molar refractivity (Wildman–Crippen MR) is 102 cm³/mol. The Hall–Kier alpha value is -2.43. The Bertz CT molecular complexity index is 812. The molecule has 3 aromatic heterocycles. The third kappa shape index (κ3) is 2.96. The van der Waals surface area contributed by atoms with Crippen LogP contribution in [-0.4, -0.2) is 24.5 Å². The molecule has 2 aliphatic rings. The first-order valence-corrected chi connectivity index (χ1v) is 9.93. The lowest BCUT2D eigenvalue weighted by Gasteiger charge is -2.09. The standard InChI is InChI=1S/C21H25N5/c1-2-6-18(5-1)25-11-9-20(23-25)16-13-17(15-22-14-16)21-10-12-26(24-21)19-7-3-4-8-19/h9-15,18-19H,1-8H2. The van der Waals surface area contributed by atoms with Gasteiger partial charge in [-0.3, -0.25) is 14.3 Å². The number of rotatable bonds is 4. The summed E-state index contributed by atoms with van der Waals surface area (Å²) in [4.78, 5) is 4.45. The Morgan fingerprint density at radius 2 is 1.15 bits per heavy atom. The number of hydrogen-bond donors (Lipinski definition) is 0. The highest BCUT2D eigenvalue weighted by Crippen LogP contribution is 2.32. The maximum Gasteiger partial charge on any atom is 0.0938 e. The number of nitrogens with zero attached hydrogens (tertiary/aromatic N) is 5. The smallest absolute Gasteiger partial charge is 0.0938 e. The zero-order chi connectivity index (χ0) is 17.3. The second-order valence-corrected chi connectivity index (χ2v) is 7.70. The van der Waals surface area contributed by atoms with E-state index in [2.05, 4.69) is 44.9 Å². The topological polar surface area (TPSA) is 48.5 Å². The van der Waals surface area contributed by atoms with Crippen LogP contribution in [0.4, 0.5) is 0 Å². The molecule has 0 aliphatic heterocycles. The van der Waals surface area contributed by atoms with E-state index in [1.54, 1.807) is 0 Å². The highest BCUT2D eigenvalue weighted by Gasteiger charge is 2.19. The van der Waals surface area contributed by atoms with E-state index in [9.17, 15) is 0 Å². The van der Waals surface area contributed by atoms with E-state index in [4.69, 9.17) is 10.2 Å². The van der Waals surface area contributed by atoms with Gasteiger partial charge in [0.2, 0.25) is 0 Å². The van der Waals surface area contributed by atoms with Gasteiger partial charge >= 0.3 is 0 Å². The summed E-state index contributed by atoms with van der Waals surface area (Å²) >= 11 is 0. The molecule has 2 saturated carbocycles. The number of hydrogen-bond acceptors (Lipinski definition) is 3. The van der Waals surface area contributed by atoms with Gasteiger partial charge in [0.25, 0.3) is 0 Å². The molecule has 0 radical (unpaired) electrons. The Balaban J connectivity index is 1.40. The fourth-order valence-electron chi connectivity index (χ4n) is 4.45. The summed E-state index contributed by atoms with van der Waals surface area (Å²) < 4.78 is 4.29. The minimum Gasteiger partial charge on any atom is -0.269 e. The molecule has 0 spiro atoms. The first-order valence-electron chi connectivity index (χ1n) is 9.93. The SMILES string of the molecule is c1ncc(-c2ccn(C3CCCC3)n2)cc1-c1ccn(C2CCCC2)n1. The molecule has 26 heavy (non-hydrogen) atoms. The normalized spacial score (nSPS) is 18.8. The highest BCUT2D eigenvalue weighted by molar-refractivity contribution is 5.67. The van der Waals surface area contributed by atoms with Gasteiger partial charge in [-0.2, -0.15) is 10.2 Å². The fraction of sp³-hybridized carbons (Fsp3) is 0.476. The molecule has 0 atom stereocenters. The fourth-order valence-corrected chi connectivity index (χ4v) is 4.45. The molecule has 2 aliphatic carbocycles. The average molecular weight is 347 g/mol. The number of aromatic nitrogens is 5. The predicted octanol–water partition coefficient (Wildman–Crippen LogP) is 5.04. The summed E-state index contributed by atoms with van der Waals surface area (Å²) in [6.45, 7) is 0. The van der Waals surface area contributed by atoms with Crippen LogP contribution in [0.15, 0.2) is 43.0 Å². The molecule has 134 valence electrons. The summed E-state index contributed by atoms with van der Waals surface area (Å²) in [7, 11) is 0. The van der Waals surface area contributed by atoms with E-state index in [1.807, 2.05) is 12.4 Å². The minimum atomic E-state index is 0.571. The van der Waals surface area contributed by atoms with Gasteiger partial charge in [0.1, 0.15) is 0 Å². The van der Waals surface area contributed by atoms with Gasteiger partial charge in [-0.25, -0.2) is 0 Å². The van der Waals surface area contributed by atoms with Crippen LogP contribution in [0.1, 0.15) is 63.5 Å². The molecular formula is C21H25N5. The van der Waals surface area contributed by atoms with Crippen molar-refractivity contribution in [2.75, 3.05) is 0 Å². The zero-order valence-corrected chi connectivity index (χ0v) is 15.1. The molecule has 0 aromatic carbocycles. The molecule has 2 fully saturated rings. The van der Waals surface area contributed by atoms with Crippen molar-refractivity contribution in [1.29, 1.82) is 0 Å². The van der Waals surface area contributed by atoms with Crippen LogP contribution in [0, 0.1) is 0 Å². The van der Waals surface area contributed by atoms with Gasteiger partial charge < -0.3 is 0 Å². The first kappa shape index (κ1) is 15.8. The van der Waals surface area contributed by atoms with Crippen molar-refractivity contribution < 1.29 is 0 Å². The van der Waals surface area contributed by atoms with Crippen molar-refractivity contribution in [2.45, 2.75) is 63.5 Å². The van der Waals surface area contributed by atoms with E-state index in [0.29, 0.717) is 12.1 Å². The van der Waals surface area contributed by atoms with Crippen LogP contribution in [0.25, 0.3) is 22.5 Å². The van der Waals surface area contributed by atoms with Crippen molar-refractivity contribution in [2.24, 2.45) is 0 Å². The Kier molecular flexibility index (Phi) is 4.07. The molecule has 3 heterocycles. The molecule has 0 amide bonds. The van der Waals surface area contributed by atoms with Crippen molar-refractivity contribution in [3.05, 3.63) is 43.0 Å². The summed E-state index contributed by atoms with van der Waals surface area (Å²) in [5.41, 5.74) is 4.13. The molecule has 5 rings (SSSR count). The van der Waals surface area contributed by atoms with Gasteiger partial charge in [0.05, 0.1) is 23.5 Å². The summed E-state index contributed by atoms with van der Waals surface area (Å²) in [5, 5.41) is 9.63. The second kappa shape index (κ2) is 6.71. The molecular weight excluding hydrogens is 322 g/mol. The lowest BCUT2D eigenvalue weighted by atomic mass is 10.1. The number of pyridine rings is 1. The quantitative estimate of drug-likeness (QED) is 0.664. The van der Waals surface area contributed by atoms with E-state index >= 15 is 0 Å². The van der Waals surface area contributed by atoms with E-state index in [1.165, 1.54) is 51.4 Å². The van der Waals surface area contributed by atoms with Crippen molar-refractivity contribution in [3.63, 3.8) is 0 Å². The van der Waals surface area contributed by atoms with Crippen LogP contribution in [0.3, 0.4) is 0 Å². The van der Waals surface area contributed by atoms with E-state index in [-0.39, 0.29) is 0 Å². The van der Waals surface area contributed by atoms with Crippen molar-refractivity contribution >= 4 is 0 Å². The maximum atomic E-state index is 4.82. The monoisotopic (exact) mass is 347 g/mol. The van der Waals surface area contributed by atoms with Crippen LogP contribution in [0.2, 0.25) is 0 Å². The molecule has 0 bridgehead atoms. The van der Waals surface area contributed by atoms with Gasteiger partial charge in [0, 0.05) is 35.9 Å². The van der Waals surface area contributed by atoms with Gasteiger partial charge in [-0.05, 0) is 43.9 Å². The molecule has 0 unspecified atom stereocenters. The first-order chi connectivity index (χ1) is 12.9. The molecule has 0 saturated heterocycles. The molecule has 0 N–H and O–H groups in total. The van der Waals surface area contributed by atoms with Gasteiger partial charge in [-0.1, -0.05) is 25.7 Å². The molecule has 5 heteroatoms. The lowest BCUT2D eigenvalue weighted by Crippen LogP contribution is -2.05. The van der Waals surface area contributed by atoms with Crippen LogP contribution in [-0.2, 0) is 0 Å². The Labute approximate surface area is 154 Å². The van der Waals surface area contributed by atoms with Crippen LogP contribution < -0.4 is 0 Å².